The summed E-state index contributed by atoms with van der Waals surface area (Å²) in [6.45, 7) is 3.95. The minimum Gasteiger partial charge on any atom is -0.391 e. The number of aliphatic hydroxyl groups is 1. The molecule has 2 atom stereocenters. The molecule has 0 saturated heterocycles. The van der Waals surface area contributed by atoms with E-state index in [0.29, 0.717) is 0 Å². The molecule has 0 aliphatic carbocycles. The first-order valence-corrected chi connectivity index (χ1v) is 4.85. The van der Waals surface area contributed by atoms with Crippen molar-refractivity contribution < 1.29 is 5.11 Å². The van der Waals surface area contributed by atoms with E-state index in [1.54, 1.807) is 0 Å². The molecule has 10 heavy (non-hydrogen) atoms. The first-order valence-electron chi connectivity index (χ1n) is 3.69. The van der Waals surface area contributed by atoms with Crippen LogP contribution in [-0.4, -0.2) is 28.8 Å². The van der Waals surface area contributed by atoms with Gasteiger partial charge in [-0.15, -0.1) is 0 Å². The van der Waals surface area contributed by atoms with Crippen molar-refractivity contribution in [1.82, 2.24) is 0 Å². The van der Waals surface area contributed by atoms with Crippen molar-refractivity contribution in [2.24, 2.45) is 5.73 Å². The summed E-state index contributed by atoms with van der Waals surface area (Å²) < 4.78 is 0. The van der Waals surface area contributed by atoms with Gasteiger partial charge in [-0.3, -0.25) is 0 Å². The van der Waals surface area contributed by atoms with E-state index in [-0.39, 0.29) is 12.1 Å². The van der Waals surface area contributed by atoms with Gasteiger partial charge in [0.15, 0.2) is 0 Å². The number of aliphatic hydroxyl groups excluding tert-OH is 1. The maximum atomic E-state index is 9.21. The average Bonchev–Trinajstić information content (AvgIpc) is 1.88. The molecule has 0 saturated carbocycles. The largest absolute Gasteiger partial charge is 0.391 e. The molecule has 0 fully saturated rings. The second-order valence-corrected chi connectivity index (χ2v) is 3.81. The van der Waals surface area contributed by atoms with E-state index >= 15 is 0 Å². The number of nitrogens with two attached hydrogens (primary N) is 1. The third kappa shape index (κ3) is 5.09. The first kappa shape index (κ1) is 10.3. The average molecular weight is 163 g/mol. The Morgan fingerprint density at radius 3 is 2.60 bits per heavy atom. The second kappa shape index (κ2) is 6.01. The van der Waals surface area contributed by atoms with Crippen LogP contribution in [0, 0.1) is 0 Å². The second-order valence-electron chi connectivity index (χ2n) is 2.41. The molecule has 0 spiro atoms. The highest BCUT2D eigenvalue weighted by atomic mass is 32.2. The standard InChI is InChI=1S/C7H17NOS/c1-3-10-5-4-7(9)6(2)8/h6-7,9H,3-5,8H2,1-2H3. The highest BCUT2D eigenvalue weighted by Crippen LogP contribution is 2.05. The summed E-state index contributed by atoms with van der Waals surface area (Å²) in [5.41, 5.74) is 5.46. The molecule has 0 heterocycles. The molecule has 0 aliphatic heterocycles. The Kier molecular flexibility index (Phi) is 6.17. The molecule has 2 nitrogen and oxygen atoms in total. The molecule has 0 aliphatic rings. The molecular formula is C7H17NOS. The zero-order chi connectivity index (χ0) is 7.98. The van der Waals surface area contributed by atoms with E-state index in [4.69, 9.17) is 5.73 Å². The lowest BCUT2D eigenvalue weighted by Crippen LogP contribution is -2.31. The van der Waals surface area contributed by atoms with Crippen LogP contribution in [-0.2, 0) is 0 Å². The van der Waals surface area contributed by atoms with Gasteiger partial charge in [0.05, 0.1) is 6.10 Å². The van der Waals surface area contributed by atoms with E-state index in [0.717, 1.165) is 17.9 Å². The Labute approximate surface area is 67.2 Å². The van der Waals surface area contributed by atoms with Crippen molar-refractivity contribution in [2.75, 3.05) is 11.5 Å². The van der Waals surface area contributed by atoms with Crippen molar-refractivity contribution in [3.8, 4) is 0 Å². The zero-order valence-corrected chi connectivity index (χ0v) is 7.53. The van der Waals surface area contributed by atoms with E-state index < -0.39 is 0 Å². The molecule has 0 aromatic heterocycles. The van der Waals surface area contributed by atoms with Gasteiger partial charge in [-0.05, 0) is 24.9 Å². The third-order valence-corrected chi connectivity index (χ3v) is 2.30. The van der Waals surface area contributed by atoms with E-state index in [1.165, 1.54) is 0 Å². The maximum Gasteiger partial charge on any atom is 0.0696 e. The Morgan fingerprint density at radius 2 is 2.20 bits per heavy atom. The fraction of sp³-hybridized carbons (Fsp3) is 1.00. The van der Waals surface area contributed by atoms with Gasteiger partial charge >= 0.3 is 0 Å². The third-order valence-electron chi connectivity index (χ3n) is 1.37. The van der Waals surface area contributed by atoms with Gasteiger partial charge in [0.25, 0.3) is 0 Å². The van der Waals surface area contributed by atoms with Crippen LogP contribution in [0.15, 0.2) is 0 Å². The summed E-state index contributed by atoms with van der Waals surface area (Å²) in [5, 5.41) is 9.21. The van der Waals surface area contributed by atoms with Gasteiger partial charge in [-0.1, -0.05) is 6.92 Å². The number of thioether (sulfide) groups is 1. The van der Waals surface area contributed by atoms with Crippen LogP contribution in [0.3, 0.4) is 0 Å². The SMILES string of the molecule is CCSCCC(O)C(C)N. The van der Waals surface area contributed by atoms with Crippen LogP contribution in [0.5, 0.6) is 0 Å². The summed E-state index contributed by atoms with van der Waals surface area (Å²) in [7, 11) is 0. The molecule has 3 N–H and O–H groups in total. The molecule has 0 aromatic rings. The van der Waals surface area contributed by atoms with Gasteiger partial charge < -0.3 is 10.8 Å². The quantitative estimate of drug-likeness (QED) is 0.590. The molecule has 0 bridgehead atoms. The van der Waals surface area contributed by atoms with E-state index in [1.807, 2.05) is 18.7 Å². The molecule has 62 valence electrons. The van der Waals surface area contributed by atoms with Crippen LogP contribution in [0.2, 0.25) is 0 Å². The minimum atomic E-state index is -0.320. The highest BCUT2D eigenvalue weighted by molar-refractivity contribution is 7.99. The normalized spacial score (nSPS) is 16.8. The van der Waals surface area contributed by atoms with Crippen molar-refractivity contribution >= 4 is 11.8 Å². The van der Waals surface area contributed by atoms with Crippen molar-refractivity contribution in [3.63, 3.8) is 0 Å². The maximum absolute atomic E-state index is 9.21. The number of hydrogen-bond acceptors (Lipinski definition) is 3. The summed E-state index contributed by atoms with van der Waals surface area (Å²) in [6.07, 6.45) is 0.495. The molecule has 0 radical (unpaired) electrons. The smallest absolute Gasteiger partial charge is 0.0696 e. The molecule has 0 aromatic carbocycles. The van der Waals surface area contributed by atoms with Crippen LogP contribution in [0.1, 0.15) is 20.3 Å². The molecular weight excluding hydrogens is 146 g/mol. The fourth-order valence-corrected chi connectivity index (χ4v) is 1.31. The molecule has 3 heteroatoms. The first-order chi connectivity index (χ1) is 4.68. The van der Waals surface area contributed by atoms with Gasteiger partial charge in [0, 0.05) is 6.04 Å². The topological polar surface area (TPSA) is 46.2 Å². The summed E-state index contributed by atoms with van der Waals surface area (Å²) in [5.74, 6) is 2.13. The summed E-state index contributed by atoms with van der Waals surface area (Å²) in [6, 6.07) is -0.0857. The van der Waals surface area contributed by atoms with Crippen molar-refractivity contribution in [3.05, 3.63) is 0 Å². The zero-order valence-electron chi connectivity index (χ0n) is 6.71. The Bertz CT molecular complexity index is 78.0. The fourth-order valence-electron chi connectivity index (χ4n) is 0.611. The predicted octanol–water partition coefficient (Wildman–Crippen LogP) is 0.838. The number of rotatable bonds is 5. The van der Waals surface area contributed by atoms with E-state index in [9.17, 15) is 5.11 Å². The number of hydrogen-bond donors (Lipinski definition) is 2. The monoisotopic (exact) mass is 163 g/mol. The lowest BCUT2D eigenvalue weighted by atomic mass is 10.1. The molecule has 2 unspecified atom stereocenters. The van der Waals surface area contributed by atoms with E-state index in [2.05, 4.69) is 6.92 Å². The highest BCUT2D eigenvalue weighted by Gasteiger charge is 2.07. The van der Waals surface area contributed by atoms with Crippen molar-refractivity contribution in [2.45, 2.75) is 32.4 Å². The lowest BCUT2D eigenvalue weighted by Gasteiger charge is -2.12. The van der Waals surface area contributed by atoms with Gasteiger partial charge in [0.1, 0.15) is 0 Å². The molecule has 0 amide bonds. The van der Waals surface area contributed by atoms with Crippen LogP contribution >= 0.6 is 11.8 Å². The minimum absolute atomic E-state index is 0.0857. The van der Waals surface area contributed by atoms with Gasteiger partial charge in [0.2, 0.25) is 0 Å². The van der Waals surface area contributed by atoms with Gasteiger partial charge in [-0.25, -0.2) is 0 Å². The predicted molar refractivity (Wildman–Crippen MR) is 47.3 cm³/mol. The van der Waals surface area contributed by atoms with Crippen LogP contribution in [0.25, 0.3) is 0 Å². The Balaban J connectivity index is 3.13. The van der Waals surface area contributed by atoms with Gasteiger partial charge in [-0.2, -0.15) is 11.8 Å². The Morgan fingerprint density at radius 1 is 1.60 bits per heavy atom. The van der Waals surface area contributed by atoms with Crippen LogP contribution < -0.4 is 5.73 Å². The molecule has 0 rings (SSSR count). The lowest BCUT2D eigenvalue weighted by molar-refractivity contribution is 0.148. The summed E-state index contributed by atoms with van der Waals surface area (Å²) >= 11 is 1.84. The van der Waals surface area contributed by atoms with Crippen molar-refractivity contribution in [1.29, 1.82) is 0 Å². The van der Waals surface area contributed by atoms with Crippen LogP contribution in [0.4, 0.5) is 0 Å². The summed E-state index contributed by atoms with van der Waals surface area (Å²) in [4.78, 5) is 0. The Hall–Kier alpha value is 0.270.